The lowest BCUT2D eigenvalue weighted by Crippen LogP contribution is -2.49. The van der Waals surface area contributed by atoms with Crippen molar-refractivity contribution in [2.75, 3.05) is 99.1 Å². The van der Waals surface area contributed by atoms with Crippen LogP contribution in [0.15, 0.2) is 36.4 Å². The van der Waals surface area contributed by atoms with Gasteiger partial charge in [-0.25, -0.2) is 9.18 Å². The molecule has 3 atom stereocenters. The van der Waals surface area contributed by atoms with E-state index in [0.29, 0.717) is 75.4 Å². The summed E-state index contributed by atoms with van der Waals surface area (Å²) in [6, 6.07) is 11.2. The van der Waals surface area contributed by atoms with Gasteiger partial charge in [-0.3, -0.25) is 29.3 Å². The number of fused-ring (bicyclic) bond motifs is 1. The topological polar surface area (TPSA) is 194 Å². The van der Waals surface area contributed by atoms with Crippen molar-refractivity contribution >= 4 is 63.5 Å². The number of nitrogens with one attached hydrogen (secondary N) is 2. The van der Waals surface area contributed by atoms with Crippen molar-refractivity contribution in [1.82, 2.24) is 45.0 Å². The number of halogens is 1. The van der Waals surface area contributed by atoms with Gasteiger partial charge >= 0.3 is 6.03 Å². The van der Waals surface area contributed by atoms with Crippen molar-refractivity contribution in [3.05, 3.63) is 53.6 Å². The molecule has 0 spiro atoms. The number of amides is 5. The highest BCUT2D eigenvalue weighted by Crippen LogP contribution is 2.34. The molecule has 5 saturated heterocycles. The fourth-order valence-corrected chi connectivity index (χ4v) is 9.52. The third-order valence-electron chi connectivity index (χ3n) is 12.8. The van der Waals surface area contributed by atoms with Crippen molar-refractivity contribution < 1.29 is 23.6 Å². The molecule has 9 rings (SSSR count). The molecule has 2 unspecified atom stereocenters. The molecule has 2 aromatic heterocycles. The SMILES string of the molecule is CN1CCN([C@@H]2CCCN(c3nnc(C(N)=O)c(Nc4ccc(N5CCN(CC6CCN(c7ccc8c(C9CCC(=O)NC9=O)nn(C)c8c7)C6)CC5)c(F)c4)n3)C2)C1=O. The van der Waals surface area contributed by atoms with Gasteiger partial charge < -0.3 is 35.6 Å². The van der Waals surface area contributed by atoms with Crippen molar-refractivity contribution in [3.8, 4) is 0 Å². The molecule has 5 fully saturated rings. The zero-order valence-electron chi connectivity index (χ0n) is 34.0. The first kappa shape index (κ1) is 39.4. The zero-order valence-corrected chi connectivity index (χ0v) is 34.0. The van der Waals surface area contributed by atoms with E-state index in [1.165, 1.54) is 6.07 Å². The van der Waals surface area contributed by atoms with Crippen molar-refractivity contribution in [2.45, 2.75) is 44.1 Å². The van der Waals surface area contributed by atoms with Gasteiger partial charge in [-0.1, -0.05) is 0 Å². The lowest BCUT2D eigenvalue weighted by Gasteiger charge is -2.37. The van der Waals surface area contributed by atoms with E-state index in [2.05, 4.69) is 58.7 Å². The maximum atomic E-state index is 15.8. The molecule has 18 nitrogen and oxygen atoms in total. The molecule has 0 radical (unpaired) electrons. The first-order valence-electron chi connectivity index (χ1n) is 20.9. The van der Waals surface area contributed by atoms with Crippen LogP contribution in [0.3, 0.4) is 0 Å². The Labute approximate surface area is 346 Å². The Kier molecular flexibility index (Phi) is 10.6. The number of rotatable bonds is 10. The van der Waals surface area contributed by atoms with Crippen molar-refractivity contribution in [3.63, 3.8) is 0 Å². The fourth-order valence-electron chi connectivity index (χ4n) is 9.52. The molecule has 5 aliphatic rings. The Balaban J connectivity index is 0.793. The highest BCUT2D eigenvalue weighted by atomic mass is 19.1. The van der Waals surface area contributed by atoms with Crippen LogP contribution in [-0.2, 0) is 16.6 Å². The molecular formula is C41H51FN14O4. The smallest absolute Gasteiger partial charge is 0.320 e. The van der Waals surface area contributed by atoms with Crippen LogP contribution in [0.5, 0.6) is 0 Å². The number of piperidine rings is 2. The molecule has 316 valence electrons. The summed E-state index contributed by atoms with van der Waals surface area (Å²) in [7, 11) is 3.69. The van der Waals surface area contributed by atoms with Crippen molar-refractivity contribution in [1.29, 1.82) is 0 Å². The number of benzene rings is 2. The second kappa shape index (κ2) is 16.2. The van der Waals surface area contributed by atoms with E-state index in [-0.39, 0.29) is 35.4 Å². The molecule has 0 aliphatic carbocycles. The first-order chi connectivity index (χ1) is 29.0. The second-order valence-corrected chi connectivity index (χ2v) is 16.7. The van der Waals surface area contributed by atoms with Crippen LogP contribution < -0.4 is 31.1 Å². The van der Waals surface area contributed by atoms with Gasteiger partial charge in [-0.05, 0) is 68.0 Å². The predicted octanol–water partition coefficient (Wildman–Crippen LogP) is 2.24. The standard InChI is InChI=1S/C41H51FN14O4/c1-50-14-19-56(41(50)60)28-4-3-12-55(24-28)40-46-38(36(37(43)58)47-48-40)44-26-5-9-32(31(42)20-26)53-17-15-52(16-18-53)22-25-11-13-54(23-25)27-6-7-29-33(21-27)51(2)49-35(29)30-8-10-34(57)45-39(30)59/h5-7,9,20-21,25,28,30H,3-4,8,10-19,22-24H2,1-2H3,(H2,43,58)(H,44,46,48)(H,45,57,59)/t25?,28-,30?/m1/s1. The molecule has 5 aliphatic heterocycles. The molecule has 5 amide bonds. The van der Waals surface area contributed by atoms with E-state index in [4.69, 9.17) is 10.8 Å². The summed E-state index contributed by atoms with van der Waals surface area (Å²) in [4.78, 5) is 66.4. The molecule has 0 bridgehead atoms. The number of imide groups is 1. The minimum absolute atomic E-state index is 0.00871. The van der Waals surface area contributed by atoms with Crippen LogP contribution in [0.25, 0.3) is 10.9 Å². The number of likely N-dealkylation sites (N-methyl/N-ethyl adjacent to an activating group) is 1. The molecular weight excluding hydrogens is 772 g/mol. The number of piperazine rings is 1. The first-order valence-corrected chi connectivity index (χ1v) is 20.9. The summed E-state index contributed by atoms with van der Waals surface area (Å²) >= 11 is 0. The van der Waals surface area contributed by atoms with E-state index >= 15 is 4.39 Å². The van der Waals surface area contributed by atoms with Gasteiger partial charge in [-0.2, -0.15) is 10.1 Å². The van der Waals surface area contributed by atoms with E-state index < -0.39 is 17.6 Å². The van der Waals surface area contributed by atoms with Crippen LogP contribution in [0.1, 0.15) is 54.2 Å². The van der Waals surface area contributed by atoms with E-state index in [0.717, 1.165) is 74.3 Å². The minimum Gasteiger partial charge on any atom is -0.371 e. The Morgan fingerprint density at radius 3 is 2.48 bits per heavy atom. The number of hydrogen-bond donors (Lipinski definition) is 3. The van der Waals surface area contributed by atoms with Gasteiger partial charge in [0.1, 0.15) is 5.82 Å². The lowest BCUT2D eigenvalue weighted by atomic mass is 9.93. The molecule has 4 N–H and O–H groups in total. The van der Waals surface area contributed by atoms with Crippen LogP contribution in [0, 0.1) is 11.7 Å². The number of nitrogens with two attached hydrogens (primary N) is 1. The molecule has 0 saturated carbocycles. The van der Waals surface area contributed by atoms with Gasteiger partial charge in [0.15, 0.2) is 11.5 Å². The number of aromatic nitrogens is 5. The largest absolute Gasteiger partial charge is 0.371 e. The third kappa shape index (κ3) is 7.73. The average Bonchev–Trinajstić information content (AvgIpc) is 3.94. The van der Waals surface area contributed by atoms with Crippen LogP contribution >= 0.6 is 0 Å². The van der Waals surface area contributed by atoms with Crippen LogP contribution in [0.2, 0.25) is 0 Å². The number of anilines is 5. The second-order valence-electron chi connectivity index (χ2n) is 16.7. The number of carbonyl (C=O) groups excluding carboxylic acids is 4. The molecule has 7 heterocycles. The highest BCUT2D eigenvalue weighted by Gasteiger charge is 2.36. The van der Waals surface area contributed by atoms with Crippen molar-refractivity contribution in [2.24, 2.45) is 18.7 Å². The van der Waals surface area contributed by atoms with Gasteiger partial charge in [0, 0.05) is 109 Å². The normalized spacial score (nSPS) is 22.9. The summed E-state index contributed by atoms with van der Waals surface area (Å²) < 4.78 is 17.6. The predicted molar refractivity (Wildman–Crippen MR) is 223 cm³/mol. The maximum absolute atomic E-state index is 15.8. The molecule has 60 heavy (non-hydrogen) atoms. The number of carbonyl (C=O) groups is 4. The number of hydrogen-bond acceptors (Lipinski definition) is 13. The third-order valence-corrected chi connectivity index (χ3v) is 12.8. The molecule has 4 aromatic rings. The summed E-state index contributed by atoms with van der Waals surface area (Å²) in [5, 5.41) is 19.5. The number of nitrogens with zero attached hydrogens (tertiary/aromatic N) is 11. The number of primary amides is 1. The van der Waals surface area contributed by atoms with E-state index in [9.17, 15) is 19.2 Å². The maximum Gasteiger partial charge on any atom is 0.320 e. The van der Waals surface area contributed by atoms with Gasteiger partial charge in [0.25, 0.3) is 5.91 Å². The summed E-state index contributed by atoms with van der Waals surface area (Å²) in [6.45, 7) is 8.42. The Bertz CT molecular complexity index is 2330. The Morgan fingerprint density at radius 1 is 0.900 bits per heavy atom. The quantitative estimate of drug-likeness (QED) is 0.198. The monoisotopic (exact) mass is 822 g/mol. The molecule has 19 heteroatoms. The molecule has 2 aromatic carbocycles. The van der Waals surface area contributed by atoms with Gasteiger partial charge in [0.05, 0.1) is 28.9 Å². The van der Waals surface area contributed by atoms with Crippen LogP contribution in [-0.4, -0.2) is 148 Å². The minimum atomic E-state index is -0.806. The number of urea groups is 1. The zero-order chi connectivity index (χ0) is 41.7. The van der Waals surface area contributed by atoms with Gasteiger partial charge in [0.2, 0.25) is 17.8 Å². The summed E-state index contributed by atoms with van der Waals surface area (Å²) in [5.74, 6) is -1.25. The fraction of sp³-hybridized carbons (Fsp3) is 0.512. The van der Waals surface area contributed by atoms with Crippen LogP contribution in [0.4, 0.5) is 38.0 Å². The Hall–Kier alpha value is -6.11. The average molecular weight is 823 g/mol. The summed E-state index contributed by atoms with van der Waals surface area (Å²) in [6.07, 6.45) is 3.57. The number of aryl methyl sites for hydroxylation is 1. The summed E-state index contributed by atoms with van der Waals surface area (Å²) in [5.41, 5.74) is 9.21. The van der Waals surface area contributed by atoms with E-state index in [1.54, 1.807) is 24.1 Å². The Morgan fingerprint density at radius 2 is 1.73 bits per heavy atom. The lowest BCUT2D eigenvalue weighted by molar-refractivity contribution is -0.134. The van der Waals surface area contributed by atoms with Gasteiger partial charge in [-0.15, -0.1) is 10.2 Å². The van der Waals surface area contributed by atoms with E-state index in [1.807, 2.05) is 21.5 Å². The highest BCUT2D eigenvalue weighted by molar-refractivity contribution is 6.02.